The second-order valence-electron chi connectivity index (χ2n) is 5.74. The van der Waals surface area contributed by atoms with E-state index in [-0.39, 0.29) is 0 Å². The minimum atomic E-state index is -0.936. The molecular weight excluding hydrogens is 250 g/mol. The molecule has 0 aliphatic heterocycles. The summed E-state index contributed by atoms with van der Waals surface area (Å²) in [5.41, 5.74) is -0.214. The van der Waals surface area contributed by atoms with Gasteiger partial charge in [0.05, 0.1) is 23.5 Å². The number of rotatable bonds is 6. The highest BCUT2D eigenvalue weighted by Crippen LogP contribution is 2.33. The zero-order chi connectivity index (χ0) is 13.9. The van der Waals surface area contributed by atoms with E-state index in [1.807, 2.05) is 25.7 Å². The van der Waals surface area contributed by atoms with Crippen LogP contribution in [0.15, 0.2) is 6.20 Å². The predicted octanol–water partition coefficient (Wildman–Crippen LogP) is 2.35. The van der Waals surface area contributed by atoms with E-state index >= 15 is 0 Å². The molecule has 0 radical (unpaired) electrons. The van der Waals surface area contributed by atoms with Gasteiger partial charge in [-0.2, -0.15) is 5.10 Å². The van der Waals surface area contributed by atoms with Crippen LogP contribution >= 0.6 is 11.6 Å². The first kappa shape index (κ1) is 15.5. The van der Waals surface area contributed by atoms with E-state index in [2.05, 4.69) is 23.8 Å². The molecule has 5 heteroatoms. The van der Waals surface area contributed by atoms with Gasteiger partial charge >= 0.3 is 0 Å². The van der Waals surface area contributed by atoms with Gasteiger partial charge in [-0.3, -0.25) is 4.68 Å². The van der Waals surface area contributed by atoms with Crippen molar-refractivity contribution >= 4 is 11.6 Å². The van der Waals surface area contributed by atoms with Crippen molar-refractivity contribution < 1.29 is 5.11 Å². The summed E-state index contributed by atoms with van der Waals surface area (Å²) in [6, 6.07) is 0. The van der Waals surface area contributed by atoms with Crippen molar-refractivity contribution in [1.29, 1.82) is 0 Å². The Bertz CT molecular complexity index is 386. The second kappa shape index (κ2) is 6.04. The molecule has 1 aromatic heterocycles. The molecule has 104 valence electrons. The van der Waals surface area contributed by atoms with Crippen LogP contribution in [0.2, 0.25) is 5.02 Å². The first-order valence-corrected chi connectivity index (χ1v) is 6.70. The highest BCUT2D eigenvalue weighted by Gasteiger charge is 2.31. The summed E-state index contributed by atoms with van der Waals surface area (Å²) < 4.78 is 1.81. The quantitative estimate of drug-likeness (QED) is 0.865. The number of nitrogens with zero attached hydrogens (tertiary/aromatic N) is 3. The average molecular weight is 274 g/mol. The lowest BCUT2D eigenvalue weighted by Gasteiger charge is -2.27. The van der Waals surface area contributed by atoms with Crippen LogP contribution in [0.1, 0.15) is 32.9 Å². The molecule has 1 unspecified atom stereocenters. The minimum absolute atomic E-state index is 0.397. The van der Waals surface area contributed by atoms with Crippen LogP contribution in [0.5, 0.6) is 0 Å². The van der Waals surface area contributed by atoms with Crippen molar-refractivity contribution in [3.8, 4) is 0 Å². The van der Waals surface area contributed by atoms with Crippen molar-refractivity contribution in [2.75, 3.05) is 20.6 Å². The molecule has 1 heterocycles. The molecule has 0 saturated carbocycles. The van der Waals surface area contributed by atoms with E-state index in [9.17, 15) is 5.11 Å². The van der Waals surface area contributed by atoms with Gasteiger partial charge in [0, 0.05) is 6.54 Å². The lowest BCUT2D eigenvalue weighted by atomic mass is 9.91. The highest BCUT2D eigenvalue weighted by atomic mass is 35.5. The smallest absolute Gasteiger partial charge is 0.105 e. The Kier molecular flexibility index (Phi) is 5.20. The van der Waals surface area contributed by atoms with Gasteiger partial charge < -0.3 is 10.0 Å². The molecule has 0 spiro atoms. The van der Waals surface area contributed by atoms with Gasteiger partial charge in [0.2, 0.25) is 0 Å². The first-order chi connectivity index (χ1) is 8.24. The van der Waals surface area contributed by atoms with E-state index in [1.165, 1.54) is 0 Å². The van der Waals surface area contributed by atoms with E-state index in [4.69, 9.17) is 11.6 Å². The molecular formula is C13H24ClN3O. The molecule has 0 aromatic carbocycles. The van der Waals surface area contributed by atoms with Gasteiger partial charge in [-0.1, -0.05) is 25.4 Å². The molecule has 1 rings (SSSR count). The Morgan fingerprint density at radius 3 is 2.61 bits per heavy atom. The van der Waals surface area contributed by atoms with E-state index < -0.39 is 5.60 Å². The van der Waals surface area contributed by atoms with Crippen LogP contribution in [0.25, 0.3) is 0 Å². The molecule has 1 atom stereocenters. The van der Waals surface area contributed by atoms with Crippen molar-refractivity contribution in [3.05, 3.63) is 16.9 Å². The van der Waals surface area contributed by atoms with Gasteiger partial charge in [0.1, 0.15) is 5.60 Å². The molecule has 0 aliphatic carbocycles. The Morgan fingerprint density at radius 1 is 1.50 bits per heavy atom. The molecule has 1 N–H and O–H groups in total. The fourth-order valence-corrected chi connectivity index (χ4v) is 2.60. The fraction of sp³-hybridized carbons (Fsp3) is 0.769. The molecule has 18 heavy (non-hydrogen) atoms. The van der Waals surface area contributed by atoms with Gasteiger partial charge in [0.25, 0.3) is 0 Å². The summed E-state index contributed by atoms with van der Waals surface area (Å²) in [6.45, 7) is 7.57. The van der Waals surface area contributed by atoms with Crippen LogP contribution < -0.4 is 0 Å². The molecule has 0 bridgehead atoms. The number of hydrogen-bond donors (Lipinski definition) is 1. The van der Waals surface area contributed by atoms with Crippen molar-refractivity contribution in [3.63, 3.8) is 0 Å². The van der Waals surface area contributed by atoms with Crippen LogP contribution in [0.3, 0.4) is 0 Å². The zero-order valence-electron chi connectivity index (χ0n) is 11.9. The Hall–Kier alpha value is -0.580. The second-order valence-corrected chi connectivity index (χ2v) is 6.15. The number of halogens is 1. The summed E-state index contributed by atoms with van der Waals surface area (Å²) >= 11 is 6.17. The van der Waals surface area contributed by atoms with E-state index in [0.29, 0.717) is 17.4 Å². The molecule has 0 saturated heterocycles. The lowest BCUT2D eigenvalue weighted by molar-refractivity contribution is 0.0256. The molecule has 0 fully saturated rings. The third-order valence-corrected chi connectivity index (χ3v) is 3.15. The largest absolute Gasteiger partial charge is 0.384 e. The Balaban J connectivity index is 2.95. The monoisotopic (exact) mass is 273 g/mol. The normalized spacial score (nSPS) is 15.4. The standard InChI is InChI=1S/C13H24ClN3O/c1-10(2)8-13(3,18)12-11(14)9-15-17(12)7-6-16(4)5/h9-10,18H,6-8H2,1-5H3. The van der Waals surface area contributed by atoms with E-state index in [1.54, 1.807) is 6.20 Å². The lowest BCUT2D eigenvalue weighted by Crippen LogP contribution is -2.29. The van der Waals surface area contributed by atoms with Crippen molar-refractivity contribution in [2.24, 2.45) is 5.92 Å². The third-order valence-electron chi connectivity index (χ3n) is 2.87. The topological polar surface area (TPSA) is 41.3 Å². The minimum Gasteiger partial charge on any atom is -0.384 e. The highest BCUT2D eigenvalue weighted by molar-refractivity contribution is 6.31. The summed E-state index contributed by atoms with van der Waals surface area (Å²) in [4.78, 5) is 2.08. The van der Waals surface area contributed by atoms with Crippen LogP contribution in [-0.2, 0) is 12.1 Å². The summed E-state index contributed by atoms with van der Waals surface area (Å²) in [7, 11) is 4.02. The number of aromatic nitrogens is 2. The zero-order valence-corrected chi connectivity index (χ0v) is 12.7. The van der Waals surface area contributed by atoms with Crippen molar-refractivity contribution in [2.45, 2.75) is 39.3 Å². The molecule has 4 nitrogen and oxygen atoms in total. The molecule has 0 aliphatic rings. The SMILES string of the molecule is CC(C)CC(C)(O)c1c(Cl)cnn1CCN(C)C. The van der Waals surface area contributed by atoms with Crippen molar-refractivity contribution in [1.82, 2.24) is 14.7 Å². The molecule has 0 amide bonds. The van der Waals surface area contributed by atoms with Crippen LogP contribution in [-0.4, -0.2) is 40.4 Å². The van der Waals surface area contributed by atoms with Gasteiger partial charge in [0.15, 0.2) is 0 Å². The number of aliphatic hydroxyl groups is 1. The van der Waals surface area contributed by atoms with Crippen LogP contribution in [0.4, 0.5) is 0 Å². The maximum atomic E-state index is 10.6. The Morgan fingerprint density at radius 2 is 2.11 bits per heavy atom. The number of likely N-dealkylation sites (N-methyl/N-ethyl adjacent to an activating group) is 1. The summed E-state index contributed by atoms with van der Waals surface area (Å²) in [5.74, 6) is 0.397. The summed E-state index contributed by atoms with van der Waals surface area (Å²) in [5, 5.41) is 15.4. The maximum Gasteiger partial charge on any atom is 0.105 e. The third kappa shape index (κ3) is 3.97. The van der Waals surface area contributed by atoms with Crippen LogP contribution in [0, 0.1) is 5.92 Å². The van der Waals surface area contributed by atoms with Gasteiger partial charge in [-0.25, -0.2) is 0 Å². The first-order valence-electron chi connectivity index (χ1n) is 6.33. The summed E-state index contributed by atoms with van der Waals surface area (Å²) in [6.07, 6.45) is 2.28. The average Bonchev–Trinajstić information content (AvgIpc) is 2.55. The van der Waals surface area contributed by atoms with Gasteiger partial charge in [-0.15, -0.1) is 0 Å². The van der Waals surface area contributed by atoms with Gasteiger partial charge in [-0.05, 0) is 33.4 Å². The molecule has 1 aromatic rings. The Labute approximate surface area is 115 Å². The maximum absolute atomic E-state index is 10.6. The number of hydrogen-bond acceptors (Lipinski definition) is 3. The predicted molar refractivity (Wildman–Crippen MR) is 74.8 cm³/mol. The van der Waals surface area contributed by atoms with E-state index in [0.717, 1.165) is 18.8 Å². The fourth-order valence-electron chi connectivity index (χ4n) is 2.25.